The predicted octanol–water partition coefficient (Wildman–Crippen LogP) is 1.29. The summed E-state index contributed by atoms with van der Waals surface area (Å²) >= 11 is 0. The highest BCUT2D eigenvalue weighted by molar-refractivity contribution is 5.89. The molecule has 1 amide bonds. The lowest BCUT2D eigenvalue weighted by Crippen LogP contribution is -2.70. The van der Waals surface area contributed by atoms with E-state index in [9.17, 15) is 23.2 Å². The van der Waals surface area contributed by atoms with Crippen LogP contribution in [0.1, 0.15) is 12.0 Å². The second-order valence-corrected chi connectivity index (χ2v) is 7.53. The fourth-order valence-electron chi connectivity index (χ4n) is 3.73. The van der Waals surface area contributed by atoms with Crippen LogP contribution in [0.3, 0.4) is 0 Å². The van der Waals surface area contributed by atoms with Crippen LogP contribution in [-0.4, -0.2) is 62.3 Å². The first-order chi connectivity index (χ1) is 15.9. The summed E-state index contributed by atoms with van der Waals surface area (Å²) in [5.41, 5.74) is 1.13. The smallest absolute Gasteiger partial charge is 0.257 e. The Bertz CT molecular complexity index is 1140. The summed E-state index contributed by atoms with van der Waals surface area (Å²) in [4.78, 5) is 22.3. The van der Waals surface area contributed by atoms with Gasteiger partial charge in [0.25, 0.3) is 6.43 Å². The molecule has 2 aromatic heterocycles. The zero-order chi connectivity index (χ0) is 23.5. The van der Waals surface area contributed by atoms with Gasteiger partial charge in [-0.1, -0.05) is 6.58 Å². The van der Waals surface area contributed by atoms with E-state index in [1.807, 2.05) is 0 Å². The molecule has 0 bridgehead atoms. The average Bonchev–Trinajstić information content (AvgIpc) is 3.40. The van der Waals surface area contributed by atoms with Crippen molar-refractivity contribution < 1.29 is 23.3 Å². The van der Waals surface area contributed by atoms with E-state index in [0.29, 0.717) is 22.6 Å². The quantitative estimate of drug-likeness (QED) is 0.531. The number of piperidine rings is 1. The Balaban J connectivity index is 1.61. The summed E-state index contributed by atoms with van der Waals surface area (Å²) in [6.07, 6.45) is 1.85. The molecule has 0 radical (unpaired) electrons. The Hall–Kier alpha value is -3.92. The number of quaternary nitrogens is 1. The van der Waals surface area contributed by atoms with E-state index in [2.05, 4.69) is 38.3 Å². The zero-order valence-electron chi connectivity index (χ0n) is 17.4. The lowest BCUT2D eigenvalue weighted by molar-refractivity contribution is -0.495. The third-order valence-corrected chi connectivity index (χ3v) is 5.29. The zero-order valence-corrected chi connectivity index (χ0v) is 17.4. The number of likely N-dealkylation sites (tertiary alicyclic amines) is 1. The van der Waals surface area contributed by atoms with Crippen LogP contribution in [0.4, 0.5) is 36.4 Å². The van der Waals surface area contributed by atoms with Gasteiger partial charge in [-0.15, -0.1) is 0 Å². The Morgan fingerprint density at radius 2 is 2.27 bits per heavy atom. The molecule has 2 aliphatic heterocycles. The third-order valence-electron chi connectivity index (χ3n) is 5.29. The van der Waals surface area contributed by atoms with Crippen molar-refractivity contribution >= 4 is 34.8 Å². The van der Waals surface area contributed by atoms with Gasteiger partial charge in [0, 0.05) is 19.3 Å². The van der Waals surface area contributed by atoms with Gasteiger partial charge >= 0.3 is 0 Å². The summed E-state index contributed by atoms with van der Waals surface area (Å²) < 4.78 is 40.9. The second kappa shape index (κ2) is 9.29. The fourth-order valence-corrected chi connectivity index (χ4v) is 3.73. The summed E-state index contributed by atoms with van der Waals surface area (Å²) in [7, 11) is 0. The van der Waals surface area contributed by atoms with Crippen molar-refractivity contribution in [1.82, 2.24) is 24.6 Å². The molecule has 0 aliphatic carbocycles. The molecule has 172 valence electrons. The molecule has 0 saturated carbocycles. The molecule has 0 aromatic carbocycles. The molecule has 2 aliphatic rings. The number of anilines is 3. The minimum absolute atomic E-state index is 0.100. The van der Waals surface area contributed by atoms with Crippen molar-refractivity contribution in [3.8, 4) is 6.07 Å². The van der Waals surface area contributed by atoms with E-state index < -0.39 is 25.2 Å². The summed E-state index contributed by atoms with van der Waals surface area (Å²) in [5, 5.41) is 20.9. The highest BCUT2D eigenvalue weighted by Crippen LogP contribution is 2.32. The number of carbonyl (C=O) groups excluding carboxylic acids is 1. The van der Waals surface area contributed by atoms with Crippen LogP contribution in [-0.2, 0) is 11.3 Å². The molecule has 33 heavy (non-hydrogen) atoms. The predicted molar refractivity (Wildman–Crippen MR) is 112 cm³/mol. The molecule has 0 spiro atoms. The minimum Gasteiger partial charge on any atom is -0.362 e. The topological polar surface area (TPSA) is 128 Å². The maximum absolute atomic E-state index is 14.7. The van der Waals surface area contributed by atoms with E-state index in [-0.39, 0.29) is 37.2 Å². The first kappa shape index (κ1) is 22.3. The number of aromatic nitrogens is 4. The van der Waals surface area contributed by atoms with Crippen molar-refractivity contribution in [3.05, 3.63) is 36.8 Å². The maximum Gasteiger partial charge on any atom is 0.257 e. The van der Waals surface area contributed by atoms with E-state index in [1.54, 1.807) is 11.5 Å². The maximum atomic E-state index is 14.7. The van der Waals surface area contributed by atoms with E-state index >= 15 is 0 Å². The highest BCUT2D eigenvalue weighted by Gasteiger charge is 2.34. The van der Waals surface area contributed by atoms with Crippen LogP contribution >= 0.6 is 0 Å². The number of carbonyl (C=O) groups is 1. The number of amides is 1. The van der Waals surface area contributed by atoms with E-state index in [4.69, 9.17) is 0 Å². The molecule has 13 heteroatoms. The van der Waals surface area contributed by atoms with Gasteiger partial charge in [0.2, 0.25) is 17.7 Å². The number of hydrogen-bond acceptors (Lipinski definition) is 7. The number of nitrogens with one attached hydrogen (secondary N) is 2. The van der Waals surface area contributed by atoms with Crippen LogP contribution in [0.15, 0.2) is 31.2 Å². The molecule has 2 aromatic rings. The Morgan fingerprint density at radius 1 is 1.45 bits per heavy atom. The number of alkyl halides is 3. The lowest BCUT2D eigenvalue weighted by Gasteiger charge is -2.35. The van der Waals surface area contributed by atoms with Crippen LogP contribution < -0.4 is 16.0 Å². The van der Waals surface area contributed by atoms with Crippen LogP contribution in [0.25, 0.3) is 5.57 Å². The van der Waals surface area contributed by atoms with Gasteiger partial charge in [0.1, 0.15) is 41.9 Å². The van der Waals surface area contributed by atoms with Crippen molar-refractivity contribution in [2.75, 3.05) is 23.7 Å². The normalized spacial score (nSPS) is 19.6. The number of hydrogen-bond donors (Lipinski definition) is 3. The van der Waals surface area contributed by atoms with Gasteiger partial charge in [0.05, 0.1) is 17.9 Å². The van der Waals surface area contributed by atoms with Gasteiger partial charge < -0.3 is 15.5 Å². The van der Waals surface area contributed by atoms with E-state index in [0.717, 1.165) is 4.68 Å². The molecule has 1 saturated heterocycles. The van der Waals surface area contributed by atoms with Crippen LogP contribution in [0.5, 0.6) is 0 Å². The standard InChI is InChI=1S/C20H20F3N9O/c1-2-16(33)31-4-3-13(21)14(9-31)28-19-17-11(5-24)6-25-18(17)29-20(30-19)27-12-7-26-32(8-12)10-15(22)23/h2,6-8,13-15H,1,3-4,9-10H2,(H3,25,27,28,29,30)/p+1/t13-,14+/m1/s1. The highest BCUT2D eigenvalue weighted by atomic mass is 19.3. The van der Waals surface area contributed by atoms with Crippen molar-refractivity contribution in [1.29, 1.82) is 5.26 Å². The fraction of sp³-hybridized carbons (Fsp3) is 0.350. The first-order valence-electron chi connectivity index (χ1n) is 10.1. The molecule has 4 heterocycles. The Kier molecular flexibility index (Phi) is 6.27. The number of allylic oxidation sites excluding steroid dienone is 1. The molecule has 4 N–H and O–H groups in total. The molecule has 0 unspecified atom stereocenters. The molecule has 4 rings (SSSR count). The van der Waals surface area contributed by atoms with Gasteiger partial charge in [-0.2, -0.15) is 20.3 Å². The first-order valence-corrected chi connectivity index (χ1v) is 10.1. The second-order valence-electron chi connectivity index (χ2n) is 7.53. The summed E-state index contributed by atoms with van der Waals surface area (Å²) in [6, 6.07) is 1.31. The van der Waals surface area contributed by atoms with Crippen molar-refractivity contribution in [2.45, 2.75) is 31.6 Å². The molecular formula is C20H21F3N9O+. The number of rotatable bonds is 7. The SMILES string of the molecule is C=CC(=O)N1CC[C@@H](F)[C@@H](Nc2nc(Nc3cnn(CC(F)F)c3)nc3c2C(C#N)=C[NH2+]3)C1. The number of nitriles is 1. The van der Waals surface area contributed by atoms with Gasteiger partial charge in [-0.05, 0) is 12.5 Å². The van der Waals surface area contributed by atoms with Crippen molar-refractivity contribution in [3.63, 3.8) is 0 Å². The third kappa shape index (κ3) is 4.80. The molecular weight excluding hydrogens is 439 g/mol. The number of nitrogens with two attached hydrogens (primary N) is 1. The Morgan fingerprint density at radius 3 is 3.00 bits per heavy atom. The van der Waals surface area contributed by atoms with E-state index in [1.165, 1.54) is 23.4 Å². The Labute approximate surface area is 186 Å². The van der Waals surface area contributed by atoms with Crippen LogP contribution in [0.2, 0.25) is 0 Å². The number of fused-ring (bicyclic) bond motifs is 1. The number of nitrogens with zero attached hydrogens (tertiary/aromatic N) is 6. The summed E-state index contributed by atoms with van der Waals surface area (Å²) in [5.74, 6) is 0.485. The molecule has 10 nitrogen and oxygen atoms in total. The lowest BCUT2D eigenvalue weighted by atomic mass is 10.0. The number of halogens is 3. The molecule has 1 fully saturated rings. The summed E-state index contributed by atoms with van der Waals surface area (Å²) in [6.45, 7) is 3.29. The molecule has 2 atom stereocenters. The average molecular weight is 460 g/mol. The minimum atomic E-state index is -2.55. The van der Waals surface area contributed by atoms with Gasteiger partial charge in [-0.3, -0.25) is 14.8 Å². The van der Waals surface area contributed by atoms with Gasteiger partial charge in [-0.25, -0.2) is 13.2 Å². The van der Waals surface area contributed by atoms with Gasteiger partial charge in [0.15, 0.2) is 0 Å². The largest absolute Gasteiger partial charge is 0.362 e. The van der Waals surface area contributed by atoms with Crippen molar-refractivity contribution in [2.24, 2.45) is 0 Å². The monoisotopic (exact) mass is 460 g/mol. The van der Waals surface area contributed by atoms with Crippen LogP contribution in [0, 0.1) is 11.3 Å².